The van der Waals surface area contributed by atoms with Crippen LogP contribution >= 0.6 is 0 Å². The minimum atomic E-state index is 0.651. The molecular weight excluding hydrogens is 264 g/mol. The summed E-state index contributed by atoms with van der Waals surface area (Å²) in [6.07, 6.45) is 2.70. The topological polar surface area (TPSA) is 37.6 Å². The summed E-state index contributed by atoms with van der Waals surface area (Å²) in [5, 5.41) is 3.40. The second-order valence-electron chi connectivity index (χ2n) is 6.58. The SMILES string of the molecule is Cc1oc(CNCC(C)C)cc1COCCN(C)C1CC1. The molecule has 1 aromatic heterocycles. The van der Waals surface area contributed by atoms with Crippen molar-refractivity contribution in [1.29, 1.82) is 0 Å². The van der Waals surface area contributed by atoms with Crippen LogP contribution in [0.1, 0.15) is 43.8 Å². The molecule has 0 aromatic carbocycles. The van der Waals surface area contributed by atoms with Crippen LogP contribution in [0.3, 0.4) is 0 Å². The van der Waals surface area contributed by atoms with Gasteiger partial charge in [-0.25, -0.2) is 0 Å². The van der Waals surface area contributed by atoms with Crippen molar-refractivity contribution in [1.82, 2.24) is 10.2 Å². The van der Waals surface area contributed by atoms with E-state index in [1.54, 1.807) is 0 Å². The van der Waals surface area contributed by atoms with Crippen LogP contribution < -0.4 is 5.32 Å². The third-order valence-corrected chi connectivity index (χ3v) is 3.94. The molecule has 1 N–H and O–H groups in total. The standard InChI is InChI=1S/C17H30N2O2/c1-13(2)10-18-11-17-9-15(14(3)21-17)12-20-8-7-19(4)16-5-6-16/h9,13,16,18H,5-8,10-12H2,1-4H3. The third kappa shape index (κ3) is 5.81. The lowest BCUT2D eigenvalue weighted by Gasteiger charge is -2.15. The maximum absolute atomic E-state index is 5.78. The largest absolute Gasteiger partial charge is 0.465 e. The highest BCUT2D eigenvalue weighted by molar-refractivity contribution is 5.19. The summed E-state index contributed by atoms with van der Waals surface area (Å²) < 4.78 is 11.6. The summed E-state index contributed by atoms with van der Waals surface area (Å²) in [6.45, 7) is 10.7. The lowest BCUT2D eigenvalue weighted by Crippen LogP contribution is -2.25. The van der Waals surface area contributed by atoms with Crippen molar-refractivity contribution in [3.8, 4) is 0 Å². The molecule has 0 saturated heterocycles. The third-order valence-electron chi connectivity index (χ3n) is 3.94. The zero-order valence-electron chi connectivity index (χ0n) is 13.9. The van der Waals surface area contributed by atoms with E-state index in [2.05, 4.69) is 37.2 Å². The minimum absolute atomic E-state index is 0.651. The number of nitrogens with zero attached hydrogens (tertiary/aromatic N) is 1. The molecule has 1 aliphatic rings. The number of hydrogen-bond donors (Lipinski definition) is 1. The molecule has 120 valence electrons. The molecule has 0 bridgehead atoms. The van der Waals surface area contributed by atoms with Crippen LogP contribution in [-0.2, 0) is 17.9 Å². The van der Waals surface area contributed by atoms with Gasteiger partial charge in [-0.2, -0.15) is 0 Å². The molecule has 21 heavy (non-hydrogen) atoms. The van der Waals surface area contributed by atoms with Gasteiger partial charge >= 0.3 is 0 Å². The molecule has 1 saturated carbocycles. The number of likely N-dealkylation sites (N-methyl/N-ethyl adjacent to an activating group) is 1. The van der Waals surface area contributed by atoms with Gasteiger partial charge in [-0.3, -0.25) is 0 Å². The Hall–Kier alpha value is -0.840. The van der Waals surface area contributed by atoms with Gasteiger partial charge in [0, 0.05) is 18.2 Å². The first-order valence-corrected chi connectivity index (χ1v) is 8.13. The van der Waals surface area contributed by atoms with Crippen LogP contribution in [0.15, 0.2) is 10.5 Å². The summed E-state index contributed by atoms with van der Waals surface area (Å²) in [5.41, 5.74) is 1.17. The number of furan rings is 1. The number of hydrogen-bond acceptors (Lipinski definition) is 4. The summed E-state index contributed by atoms with van der Waals surface area (Å²) in [4.78, 5) is 2.39. The Morgan fingerprint density at radius 1 is 1.43 bits per heavy atom. The van der Waals surface area contributed by atoms with E-state index in [1.165, 1.54) is 18.4 Å². The fourth-order valence-electron chi connectivity index (χ4n) is 2.39. The fraction of sp³-hybridized carbons (Fsp3) is 0.765. The summed E-state index contributed by atoms with van der Waals surface area (Å²) >= 11 is 0. The predicted molar refractivity (Wildman–Crippen MR) is 85.3 cm³/mol. The van der Waals surface area contributed by atoms with Crippen LogP contribution in [0, 0.1) is 12.8 Å². The second kappa shape index (κ2) is 7.97. The van der Waals surface area contributed by atoms with Crippen LogP contribution in [-0.4, -0.2) is 37.7 Å². The maximum atomic E-state index is 5.78. The number of nitrogens with one attached hydrogen (secondary N) is 1. The number of aryl methyl sites for hydroxylation is 1. The van der Waals surface area contributed by atoms with E-state index < -0.39 is 0 Å². The second-order valence-corrected chi connectivity index (χ2v) is 6.58. The van der Waals surface area contributed by atoms with E-state index in [-0.39, 0.29) is 0 Å². The molecule has 2 rings (SSSR count). The Kier molecular flexibility index (Phi) is 6.27. The highest BCUT2D eigenvalue weighted by Gasteiger charge is 2.25. The molecule has 0 aliphatic heterocycles. The van der Waals surface area contributed by atoms with E-state index in [0.717, 1.165) is 43.8 Å². The Morgan fingerprint density at radius 2 is 2.19 bits per heavy atom. The Labute approximate surface area is 128 Å². The average Bonchev–Trinajstić information content (AvgIpc) is 3.20. The van der Waals surface area contributed by atoms with Gasteiger partial charge in [0.1, 0.15) is 11.5 Å². The van der Waals surface area contributed by atoms with Gasteiger partial charge in [-0.05, 0) is 45.3 Å². The molecule has 1 fully saturated rings. The molecule has 0 amide bonds. The lowest BCUT2D eigenvalue weighted by molar-refractivity contribution is 0.0971. The van der Waals surface area contributed by atoms with Gasteiger partial charge < -0.3 is 19.4 Å². The first-order valence-electron chi connectivity index (χ1n) is 8.13. The Balaban J connectivity index is 1.66. The van der Waals surface area contributed by atoms with Crippen molar-refractivity contribution in [3.63, 3.8) is 0 Å². The monoisotopic (exact) mass is 294 g/mol. The van der Waals surface area contributed by atoms with Gasteiger partial charge in [0.05, 0.1) is 19.8 Å². The Morgan fingerprint density at radius 3 is 2.86 bits per heavy atom. The van der Waals surface area contributed by atoms with Crippen molar-refractivity contribution in [3.05, 3.63) is 23.2 Å². The van der Waals surface area contributed by atoms with Crippen molar-refractivity contribution >= 4 is 0 Å². The molecular formula is C17H30N2O2. The molecule has 4 heteroatoms. The van der Waals surface area contributed by atoms with Crippen molar-refractivity contribution in [2.75, 3.05) is 26.7 Å². The molecule has 1 heterocycles. The molecule has 1 aliphatic carbocycles. The zero-order chi connectivity index (χ0) is 15.2. The number of ether oxygens (including phenoxy) is 1. The van der Waals surface area contributed by atoms with Gasteiger partial charge in [0.25, 0.3) is 0 Å². The molecule has 4 nitrogen and oxygen atoms in total. The van der Waals surface area contributed by atoms with Crippen molar-refractivity contribution in [2.45, 2.75) is 52.8 Å². The maximum Gasteiger partial charge on any atom is 0.118 e. The molecule has 0 atom stereocenters. The summed E-state index contributed by atoms with van der Waals surface area (Å²) in [5.74, 6) is 2.64. The highest BCUT2D eigenvalue weighted by Crippen LogP contribution is 2.24. The van der Waals surface area contributed by atoms with Gasteiger partial charge in [-0.1, -0.05) is 13.8 Å². The van der Waals surface area contributed by atoms with E-state index in [0.29, 0.717) is 12.5 Å². The number of rotatable bonds is 10. The smallest absolute Gasteiger partial charge is 0.118 e. The first-order chi connectivity index (χ1) is 10.1. The van der Waals surface area contributed by atoms with E-state index in [1.807, 2.05) is 6.92 Å². The van der Waals surface area contributed by atoms with E-state index >= 15 is 0 Å². The molecule has 0 unspecified atom stereocenters. The van der Waals surface area contributed by atoms with Crippen LogP contribution in [0.25, 0.3) is 0 Å². The van der Waals surface area contributed by atoms with Crippen LogP contribution in [0.4, 0.5) is 0 Å². The highest BCUT2D eigenvalue weighted by atomic mass is 16.5. The van der Waals surface area contributed by atoms with Gasteiger partial charge in [0.15, 0.2) is 0 Å². The normalized spacial score (nSPS) is 15.3. The zero-order valence-corrected chi connectivity index (χ0v) is 13.9. The quantitative estimate of drug-likeness (QED) is 0.673. The van der Waals surface area contributed by atoms with E-state index in [9.17, 15) is 0 Å². The van der Waals surface area contributed by atoms with Crippen molar-refractivity contribution in [2.24, 2.45) is 5.92 Å². The molecule has 1 aromatic rings. The molecule has 0 radical (unpaired) electrons. The fourth-order valence-corrected chi connectivity index (χ4v) is 2.39. The van der Waals surface area contributed by atoms with Crippen LogP contribution in [0.2, 0.25) is 0 Å². The van der Waals surface area contributed by atoms with Gasteiger partial charge in [-0.15, -0.1) is 0 Å². The minimum Gasteiger partial charge on any atom is -0.465 e. The summed E-state index contributed by atoms with van der Waals surface area (Å²) in [7, 11) is 2.18. The predicted octanol–water partition coefficient (Wildman–Crippen LogP) is 2.94. The van der Waals surface area contributed by atoms with Gasteiger partial charge in [0.2, 0.25) is 0 Å². The first kappa shape index (κ1) is 16.5. The average molecular weight is 294 g/mol. The van der Waals surface area contributed by atoms with E-state index in [4.69, 9.17) is 9.15 Å². The summed E-state index contributed by atoms with van der Waals surface area (Å²) in [6, 6.07) is 2.93. The Bertz CT molecular complexity index is 424. The van der Waals surface area contributed by atoms with Crippen molar-refractivity contribution < 1.29 is 9.15 Å². The molecule has 0 spiro atoms. The van der Waals surface area contributed by atoms with Crippen LogP contribution in [0.5, 0.6) is 0 Å². The lowest BCUT2D eigenvalue weighted by atomic mass is 10.2.